The maximum Gasteiger partial charge on any atom is 0.228 e. The molecule has 2 aromatic rings. The molecule has 1 saturated carbocycles. The third kappa shape index (κ3) is 2.29. The van der Waals surface area contributed by atoms with Gasteiger partial charge in [0.25, 0.3) is 0 Å². The van der Waals surface area contributed by atoms with Crippen molar-refractivity contribution in [3.8, 4) is 5.82 Å². The van der Waals surface area contributed by atoms with Crippen molar-refractivity contribution < 1.29 is 4.79 Å². The number of nitrogens with one attached hydrogen (secondary N) is 2. The van der Waals surface area contributed by atoms with E-state index in [2.05, 4.69) is 20.7 Å². The molecule has 22 heavy (non-hydrogen) atoms. The van der Waals surface area contributed by atoms with Crippen LogP contribution >= 0.6 is 0 Å². The Hall–Kier alpha value is -2.21. The number of carbonyl (C=O) groups is 1. The van der Waals surface area contributed by atoms with Crippen LogP contribution in [0, 0.1) is 11.3 Å². The van der Waals surface area contributed by atoms with Crippen LogP contribution in [0.1, 0.15) is 19.3 Å². The van der Waals surface area contributed by atoms with Crippen LogP contribution in [-0.4, -0.2) is 33.8 Å². The van der Waals surface area contributed by atoms with E-state index < -0.39 is 0 Å². The number of carbonyl (C=O) groups excluding carboxylic acids is 1. The lowest BCUT2D eigenvalue weighted by Crippen LogP contribution is -2.31. The summed E-state index contributed by atoms with van der Waals surface area (Å²) >= 11 is 0. The van der Waals surface area contributed by atoms with Crippen molar-refractivity contribution in [2.75, 3.05) is 18.4 Å². The molecule has 1 saturated heterocycles. The maximum absolute atomic E-state index is 12.6. The van der Waals surface area contributed by atoms with Crippen molar-refractivity contribution in [2.24, 2.45) is 11.3 Å². The summed E-state index contributed by atoms with van der Waals surface area (Å²) in [5, 5.41) is 10.6. The number of pyridine rings is 1. The predicted molar refractivity (Wildman–Crippen MR) is 82.6 cm³/mol. The molecular formula is C16H19N5O. The fraction of sp³-hybridized carbons (Fsp3) is 0.438. The van der Waals surface area contributed by atoms with Gasteiger partial charge in [0, 0.05) is 24.5 Å². The first-order valence-electron chi connectivity index (χ1n) is 7.75. The number of hydrogen-bond donors (Lipinski definition) is 2. The van der Waals surface area contributed by atoms with Gasteiger partial charge in [-0.2, -0.15) is 5.10 Å². The van der Waals surface area contributed by atoms with Gasteiger partial charge < -0.3 is 10.6 Å². The van der Waals surface area contributed by atoms with Gasteiger partial charge in [-0.15, -0.1) is 0 Å². The number of anilines is 1. The summed E-state index contributed by atoms with van der Waals surface area (Å²) < 4.78 is 1.67. The summed E-state index contributed by atoms with van der Waals surface area (Å²) in [6.07, 6.45) is 8.44. The van der Waals surface area contributed by atoms with Crippen molar-refractivity contribution >= 4 is 11.6 Å². The zero-order chi connectivity index (χ0) is 15.0. The van der Waals surface area contributed by atoms with Crippen LogP contribution in [-0.2, 0) is 4.79 Å². The monoisotopic (exact) mass is 297 g/mol. The first-order valence-corrected chi connectivity index (χ1v) is 7.75. The molecule has 2 aliphatic rings. The Morgan fingerprint density at radius 3 is 2.95 bits per heavy atom. The molecule has 0 radical (unpaired) electrons. The van der Waals surface area contributed by atoms with Gasteiger partial charge in [0.15, 0.2) is 5.82 Å². The van der Waals surface area contributed by atoms with Crippen molar-refractivity contribution in [1.29, 1.82) is 0 Å². The lowest BCUT2D eigenvalue weighted by atomic mass is 9.92. The molecule has 2 aromatic heterocycles. The number of hydrogen-bond acceptors (Lipinski definition) is 4. The quantitative estimate of drug-likeness (QED) is 0.902. The highest BCUT2D eigenvalue weighted by Gasteiger charge is 2.57. The Morgan fingerprint density at radius 2 is 2.18 bits per heavy atom. The Bertz CT molecular complexity index is 676. The molecule has 4 rings (SSSR count). The Balaban J connectivity index is 1.51. The Kier molecular flexibility index (Phi) is 3.18. The number of aromatic nitrogens is 3. The van der Waals surface area contributed by atoms with Crippen LogP contribution < -0.4 is 10.6 Å². The van der Waals surface area contributed by atoms with Gasteiger partial charge in [-0.3, -0.25) is 4.79 Å². The molecule has 1 amide bonds. The van der Waals surface area contributed by atoms with Gasteiger partial charge in [-0.1, -0.05) is 0 Å². The predicted octanol–water partition coefficient (Wildman–Crippen LogP) is 1.60. The van der Waals surface area contributed by atoms with Crippen molar-refractivity contribution in [1.82, 2.24) is 20.1 Å². The summed E-state index contributed by atoms with van der Waals surface area (Å²) in [4.78, 5) is 16.9. The average Bonchev–Trinajstić information content (AvgIpc) is 2.99. The maximum atomic E-state index is 12.6. The topological polar surface area (TPSA) is 71.8 Å². The summed E-state index contributed by atoms with van der Waals surface area (Å²) in [5.74, 6) is 0.907. The molecular weight excluding hydrogens is 278 g/mol. The largest absolute Gasteiger partial charge is 0.323 e. The molecule has 3 heterocycles. The second-order valence-electron chi connectivity index (χ2n) is 6.18. The van der Waals surface area contributed by atoms with Gasteiger partial charge in [0.05, 0.1) is 5.69 Å². The zero-order valence-electron chi connectivity index (χ0n) is 12.3. The highest BCUT2D eigenvalue weighted by atomic mass is 16.2. The summed E-state index contributed by atoms with van der Waals surface area (Å²) in [7, 11) is 0. The van der Waals surface area contributed by atoms with Crippen LogP contribution in [0.15, 0.2) is 36.8 Å². The molecule has 2 N–H and O–H groups in total. The van der Waals surface area contributed by atoms with Gasteiger partial charge in [-0.25, -0.2) is 9.67 Å². The highest BCUT2D eigenvalue weighted by molar-refractivity contribution is 5.96. The fourth-order valence-corrected chi connectivity index (χ4v) is 3.49. The van der Waals surface area contributed by atoms with E-state index in [4.69, 9.17) is 0 Å². The normalized spacial score (nSPS) is 22.5. The highest BCUT2D eigenvalue weighted by Crippen LogP contribution is 2.58. The second kappa shape index (κ2) is 5.21. The van der Waals surface area contributed by atoms with E-state index in [0.717, 1.165) is 32.4 Å². The molecule has 1 spiro atoms. The average molecular weight is 297 g/mol. The molecule has 0 aromatic carbocycles. The van der Waals surface area contributed by atoms with Crippen LogP contribution in [0.25, 0.3) is 5.82 Å². The first kappa shape index (κ1) is 13.5. The van der Waals surface area contributed by atoms with Crippen LogP contribution in [0.5, 0.6) is 0 Å². The molecule has 1 atom stereocenters. The van der Waals surface area contributed by atoms with Crippen LogP contribution in [0.4, 0.5) is 5.69 Å². The van der Waals surface area contributed by atoms with Crippen LogP contribution in [0.3, 0.4) is 0 Å². The van der Waals surface area contributed by atoms with E-state index >= 15 is 0 Å². The minimum Gasteiger partial charge on any atom is -0.323 e. The third-order valence-electron chi connectivity index (χ3n) is 4.87. The van der Waals surface area contributed by atoms with Crippen molar-refractivity contribution in [3.05, 3.63) is 36.8 Å². The number of rotatable bonds is 3. The SMILES string of the molecule is O=C(Nc1cccnc1-n1cccn1)C1CC12CCNCC2. The lowest BCUT2D eigenvalue weighted by Gasteiger charge is -2.23. The van der Waals surface area contributed by atoms with E-state index in [0.29, 0.717) is 11.5 Å². The zero-order valence-corrected chi connectivity index (χ0v) is 12.3. The Morgan fingerprint density at radius 1 is 1.32 bits per heavy atom. The fourth-order valence-electron chi connectivity index (χ4n) is 3.49. The smallest absolute Gasteiger partial charge is 0.228 e. The molecule has 1 aliphatic carbocycles. The van der Waals surface area contributed by atoms with Crippen molar-refractivity contribution in [2.45, 2.75) is 19.3 Å². The molecule has 114 valence electrons. The van der Waals surface area contributed by atoms with Gasteiger partial charge in [0.2, 0.25) is 5.91 Å². The third-order valence-corrected chi connectivity index (χ3v) is 4.87. The molecule has 6 heteroatoms. The van der Waals surface area contributed by atoms with E-state index in [9.17, 15) is 4.79 Å². The first-order chi connectivity index (χ1) is 10.8. The summed E-state index contributed by atoms with van der Waals surface area (Å²) in [6.45, 7) is 2.05. The number of amides is 1. The van der Waals surface area contributed by atoms with E-state index in [-0.39, 0.29) is 17.2 Å². The van der Waals surface area contributed by atoms with E-state index in [1.165, 1.54) is 0 Å². The van der Waals surface area contributed by atoms with E-state index in [1.807, 2.05) is 24.4 Å². The molecule has 6 nitrogen and oxygen atoms in total. The van der Waals surface area contributed by atoms with E-state index in [1.54, 1.807) is 17.1 Å². The van der Waals surface area contributed by atoms with Gasteiger partial charge in [-0.05, 0) is 56.0 Å². The minimum absolute atomic E-state index is 0.114. The standard InChI is InChI=1S/C16H19N5O/c22-15(12-11-16(12)4-8-17-9-5-16)20-13-3-1-6-18-14(13)21-10-2-7-19-21/h1-3,6-7,10,12,17H,4-5,8-9,11H2,(H,20,22). The summed E-state index contributed by atoms with van der Waals surface area (Å²) in [6, 6.07) is 5.54. The number of nitrogens with zero attached hydrogens (tertiary/aromatic N) is 3. The molecule has 2 fully saturated rings. The minimum atomic E-state index is 0.114. The molecule has 1 unspecified atom stereocenters. The second-order valence-corrected chi connectivity index (χ2v) is 6.18. The Labute approximate surface area is 128 Å². The van der Waals surface area contributed by atoms with Gasteiger partial charge >= 0.3 is 0 Å². The molecule has 1 aliphatic heterocycles. The molecule has 0 bridgehead atoms. The van der Waals surface area contributed by atoms with Gasteiger partial charge in [0.1, 0.15) is 0 Å². The van der Waals surface area contributed by atoms with Crippen LogP contribution in [0.2, 0.25) is 0 Å². The summed E-state index contributed by atoms with van der Waals surface area (Å²) in [5.41, 5.74) is 0.954. The number of piperidine rings is 1. The lowest BCUT2D eigenvalue weighted by molar-refractivity contribution is -0.118. The van der Waals surface area contributed by atoms with Crippen molar-refractivity contribution in [3.63, 3.8) is 0 Å².